The third kappa shape index (κ3) is 4.40. The number of para-hydroxylation sites is 1. The van der Waals surface area contributed by atoms with Gasteiger partial charge in [-0.2, -0.15) is 0 Å². The van der Waals surface area contributed by atoms with Crippen LogP contribution >= 0.6 is 0 Å². The van der Waals surface area contributed by atoms with Crippen molar-refractivity contribution in [1.82, 2.24) is 9.80 Å². The number of anilines is 1. The largest absolute Gasteiger partial charge is 0.383 e. The standard InChI is InChI=1S/C20H31N3O2/c1-3-18-16-21(12-13-22(18)14-15-25-2)10-9-20(24)23-11-8-17-6-4-5-7-19(17)23/h4-7,18H,3,8-16H2,1-2H3/t18-/m0/s1. The summed E-state index contributed by atoms with van der Waals surface area (Å²) in [5, 5.41) is 0. The number of rotatable bonds is 7. The van der Waals surface area contributed by atoms with Crippen LogP contribution in [0.15, 0.2) is 24.3 Å². The second-order valence-electron chi connectivity index (χ2n) is 7.07. The highest BCUT2D eigenvalue weighted by Gasteiger charge is 2.27. The molecule has 0 aliphatic carbocycles. The van der Waals surface area contributed by atoms with Gasteiger partial charge in [-0.3, -0.25) is 14.6 Å². The summed E-state index contributed by atoms with van der Waals surface area (Å²) in [4.78, 5) is 19.6. The van der Waals surface area contributed by atoms with E-state index in [0.717, 1.165) is 64.4 Å². The van der Waals surface area contributed by atoms with Gasteiger partial charge in [-0.05, 0) is 24.5 Å². The summed E-state index contributed by atoms with van der Waals surface area (Å²) in [7, 11) is 1.76. The third-order valence-electron chi connectivity index (χ3n) is 5.57. The number of piperazine rings is 1. The zero-order chi connectivity index (χ0) is 17.6. The molecule has 138 valence electrons. The SMILES string of the molecule is CC[C@H]1CN(CCC(=O)N2CCc3ccccc32)CCN1CCOC. The Bertz CT molecular complexity index is 578. The van der Waals surface area contributed by atoms with E-state index in [9.17, 15) is 4.79 Å². The fourth-order valence-corrected chi connectivity index (χ4v) is 4.04. The number of hydrogen-bond acceptors (Lipinski definition) is 4. The number of nitrogens with zero attached hydrogens (tertiary/aromatic N) is 3. The van der Waals surface area contributed by atoms with E-state index in [1.807, 2.05) is 11.0 Å². The van der Waals surface area contributed by atoms with Crippen molar-refractivity contribution >= 4 is 11.6 Å². The number of fused-ring (bicyclic) bond motifs is 1. The van der Waals surface area contributed by atoms with Crippen LogP contribution in [0.1, 0.15) is 25.3 Å². The molecule has 0 saturated carbocycles. The van der Waals surface area contributed by atoms with Gasteiger partial charge in [0, 0.05) is 64.5 Å². The minimum Gasteiger partial charge on any atom is -0.383 e. The first-order valence-corrected chi connectivity index (χ1v) is 9.56. The summed E-state index contributed by atoms with van der Waals surface area (Å²) < 4.78 is 5.22. The third-order valence-corrected chi connectivity index (χ3v) is 5.57. The molecular weight excluding hydrogens is 314 g/mol. The molecule has 0 unspecified atom stereocenters. The number of ether oxygens (including phenoxy) is 1. The Kier molecular flexibility index (Phi) is 6.45. The van der Waals surface area contributed by atoms with Crippen LogP contribution in [0.5, 0.6) is 0 Å². The van der Waals surface area contributed by atoms with Gasteiger partial charge in [-0.15, -0.1) is 0 Å². The van der Waals surface area contributed by atoms with Crippen molar-refractivity contribution in [3.05, 3.63) is 29.8 Å². The van der Waals surface area contributed by atoms with Crippen LogP contribution < -0.4 is 4.90 Å². The molecule has 0 bridgehead atoms. The zero-order valence-corrected chi connectivity index (χ0v) is 15.6. The van der Waals surface area contributed by atoms with Crippen molar-refractivity contribution in [2.24, 2.45) is 0 Å². The lowest BCUT2D eigenvalue weighted by Crippen LogP contribution is -2.54. The highest BCUT2D eigenvalue weighted by Crippen LogP contribution is 2.28. The van der Waals surface area contributed by atoms with Crippen molar-refractivity contribution in [2.45, 2.75) is 32.2 Å². The second kappa shape index (κ2) is 8.79. The van der Waals surface area contributed by atoms with Crippen molar-refractivity contribution in [3.63, 3.8) is 0 Å². The van der Waals surface area contributed by atoms with Gasteiger partial charge in [0.25, 0.3) is 0 Å². The summed E-state index contributed by atoms with van der Waals surface area (Å²) in [6.45, 7) is 8.93. The molecule has 5 nitrogen and oxygen atoms in total. The number of hydrogen-bond donors (Lipinski definition) is 0. The van der Waals surface area contributed by atoms with E-state index >= 15 is 0 Å². The maximum Gasteiger partial charge on any atom is 0.228 e. The summed E-state index contributed by atoms with van der Waals surface area (Å²) in [5.74, 6) is 0.264. The molecule has 2 aliphatic heterocycles. The molecule has 1 fully saturated rings. The summed E-state index contributed by atoms with van der Waals surface area (Å²) in [6.07, 6.45) is 2.74. The quantitative estimate of drug-likeness (QED) is 0.757. The Balaban J connectivity index is 1.48. The van der Waals surface area contributed by atoms with Gasteiger partial charge in [0.2, 0.25) is 5.91 Å². The predicted molar refractivity (Wildman–Crippen MR) is 101 cm³/mol. The molecule has 5 heteroatoms. The van der Waals surface area contributed by atoms with Crippen LogP contribution in [0.4, 0.5) is 5.69 Å². The molecule has 0 spiro atoms. The van der Waals surface area contributed by atoms with E-state index in [2.05, 4.69) is 34.9 Å². The summed E-state index contributed by atoms with van der Waals surface area (Å²) in [6, 6.07) is 8.86. The zero-order valence-electron chi connectivity index (χ0n) is 15.6. The maximum atomic E-state index is 12.7. The maximum absolute atomic E-state index is 12.7. The van der Waals surface area contributed by atoms with Crippen LogP contribution in [0.25, 0.3) is 0 Å². The Morgan fingerprint density at radius 3 is 2.84 bits per heavy atom. The van der Waals surface area contributed by atoms with E-state index in [4.69, 9.17) is 4.74 Å². The molecule has 1 saturated heterocycles. The molecule has 1 amide bonds. The molecule has 1 aromatic carbocycles. The Labute approximate surface area is 151 Å². The molecule has 25 heavy (non-hydrogen) atoms. The van der Waals surface area contributed by atoms with Gasteiger partial charge in [0.15, 0.2) is 0 Å². The van der Waals surface area contributed by atoms with Crippen molar-refractivity contribution in [3.8, 4) is 0 Å². The predicted octanol–water partition coefficient (Wildman–Crippen LogP) is 2.01. The molecule has 0 aromatic heterocycles. The van der Waals surface area contributed by atoms with Gasteiger partial charge < -0.3 is 9.64 Å². The first kappa shape index (κ1) is 18.4. The fourth-order valence-electron chi connectivity index (χ4n) is 4.04. The van der Waals surface area contributed by atoms with Crippen LogP contribution in [0, 0.1) is 0 Å². The van der Waals surface area contributed by atoms with Crippen LogP contribution in [0.3, 0.4) is 0 Å². The van der Waals surface area contributed by atoms with E-state index in [1.165, 1.54) is 5.56 Å². The lowest BCUT2D eigenvalue weighted by atomic mass is 10.1. The normalized spacial score (nSPS) is 21.5. The van der Waals surface area contributed by atoms with Gasteiger partial charge in [-0.25, -0.2) is 0 Å². The number of carbonyl (C=O) groups excluding carboxylic acids is 1. The van der Waals surface area contributed by atoms with E-state index in [0.29, 0.717) is 12.5 Å². The molecule has 3 rings (SSSR count). The van der Waals surface area contributed by atoms with Crippen molar-refractivity contribution in [1.29, 1.82) is 0 Å². The van der Waals surface area contributed by atoms with Crippen LogP contribution in [-0.2, 0) is 16.0 Å². The van der Waals surface area contributed by atoms with E-state index in [-0.39, 0.29) is 5.91 Å². The Morgan fingerprint density at radius 1 is 1.20 bits per heavy atom. The smallest absolute Gasteiger partial charge is 0.228 e. The molecule has 1 aromatic rings. The molecule has 2 heterocycles. The minimum absolute atomic E-state index is 0.264. The lowest BCUT2D eigenvalue weighted by molar-refractivity contribution is -0.119. The van der Waals surface area contributed by atoms with Crippen LogP contribution in [0.2, 0.25) is 0 Å². The number of amides is 1. The highest BCUT2D eigenvalue weighted by molar-refractivity contribution is 5.95. The molecular formula is C20H31N3O2. The number of benzene rings is 1. The first-order valence-electron chi connectivity index (χ1n) is 9.56. The van der Waals surface area contributed by atoms with Crippen molar-refractivity contribution < 1.29 is 9.53 Å². The van der Waals surface area contributed by atoms with Gasteiger partial charge >= 0.3 is 0 Å². The van der Waals surface area contributed by atoms with E-state index < -0.39 is 0 Å². The Hall–Kier alpha value is -1.43. The fraction of sp³-hybridized carbons (Fsp3) is 0.650. The van der Waals surface area contributed by atoms with E-state index in [1.54, 1.807) is 7.11 Å². The molecule has 0 radical (unpaired) electrons. The van der Waals surface area contributed by atoms with Gasteiger partial charge in [0.1, 0.15) is 0 Å². The molecule has 0 N–H and O–H groups in total. The highest BCUT2D eigenvalue weighted by atomic mass is 16.5. The average molecular weight is 345 g/mol. The lowest BCUT2D eigenvalue weighted by Gasteiger charge is -2.41. The topological polar surface area (TPSA) is 36.0 Å². The van der Waals surface area contributed by atoms with Crippen molar-refractivity contribution in [2.75, 3.05) is 57.9 Å². The Morgan fingerprint density at radius 2 is 2.04 bits per heavy atom. The molecule has 2 aliphatic rings. The van der Waals surface area contributed by atoms with Gasteiger partial charge in [0.05, 0.1) is 6.61 Å². The average Bonchev–Trinajstić information content (AvgIpc) is 3.09. The number of methoxy groups -OCH3 is 1. The summed E-state index contributed by atoms with van der Waals surface area (Å²) in [5.41, 5.74) is 2.41. The monoisotopic (exact) mass is 345 g/mol. The first-order chi connectivity index (χ1) is 12.2. The second-order valence-corrected chi connectivity index (χ2v) is 7.07. The minimum atomic E-state index is 0.264. The van der Waals surface area contributed by atoms with Gasteiger partial charge in [-0.1, -0.05) is 25.1 Å². The van der Waals surface area contributed by atoms with Crippen LogP contribution in [-0.4, -0.2) is 74.7 Å². The summed E-state index contributed by atoms with van der Waals surface area (Å²) >= 11 is 0. The number of carbonyl (C=O) groups is 1. The molecule has 1 atom stereocenters.